The maximum Gasteiger partial charge on any atom is 0.441 e. The normalized spacial score (nSPS) is 9.00. The van der Waals surface area contributed by atoms with Crippen molar-refractivity contribution in [2.24, 2.45) is 0 Å². The molecule has 0 unspecified atom stereocenters. The Balaban J connectivity index is 4.21. The molecule has 0 atom stereocenters. The second-order valence-electron chi connectivity index (χ2n) is 2.46. The number of carbonyl (C=O) groups excluding carboxylic acids is 2. The summed E-state index contributed by atoms with van der Waals surface area (Å²) in [6.45, 7) is 0.408. The standard InChI is InChI=1S/C8H12N2O4/c1-13-5-3-4-6(11)7(10-9)8(12)14-2/h3-5H2,1-2H3. The molecule has 6 nitrogen and oxygen atoms in total. The Hall–Kier alpha value is -1.52. The predicted octanol–water partition coefficient (Wildman–Crippen LogP) is -0.174. The summed E-state index contributed by atoms with van der Waals surface area (Å²) in [5.41, 5.74) is 7.81. The monoisotopic (exact) mass is 200 g/mol. The number of methoxy groups -OCH3 is 2. The van der Waals surface area contributed by atoms with Gasteiger partial charge in [-0.1, -0.05) is 0 Å². The second kappa shape index (κ2) is 6.94. The van der Waals surface area contributed by atoms with Crippen molar-refractivity contribution in [1.82, 2.24) is 0 Å². The van der Waals surface area contributed by atoms with Crippen LogP contribution in [0, 0.1) is 0 Å². The van der Waals surface area contributed by atoms with E-state index in [9.17, 15) is 9.59 Å². The van der Waals surface area contributed by atoms with E-state index in [0.29, 0.717) is 13.0 Å². The van der Waals surface area contributed by atoms with Crippen molar-refractivity contribution >= 4 is 17.5 Å². The molecule has 0 aliphatic heterocycles. The number of Topliss-reactive ketones (excluding diaryl/α,β-unsaturated/α-hetero) is 1. The third-order valence-corrected chi connectivity index (χ3v) is 1.50. The third kappa shape index (κ3) is 3.93. The minimum atomic E-state index is -0.935. The van der Waals surface area contributed by atoms with Crippen LogP contribution in [0.5, 0.6) is 0 Å². The number of hydrogen-bond donors (Lipinski definition) is 0. The van der Waals surface area contributed by atoms with Gasteiger partial charge in [0, 0.05) is 20.1 Å². The van der Waals surface area contributed by atoms with Crippen molar-refractivity contribution in [3.63, 3.8) is 0 Å². The van der Waals surface area contributed by atoms with Crippen LogP contribution in [0.3, 0.4) is 0 Å². The Kier molecular flexibility index (Phi) is 6.19. The molecule has 0 rings (SSSR count). The molecule has 0 saturated heterocycles. The van der Waals surface area contributed by atoms with Gasteiger partial charge in [0.25, 0.3) is 5.78 Å². The van der Waals surface area contributed by atoms with Gasteiger partial charge in [-0.05, 0) is 6.42 Å². The van der Waals surface area contributed by atoms with E-state index >= 15 is 0 Å². The quantitative estimate of drug-likeness (QED) is 0.149. The first-order valence-corrected chi connectivity index (χ1v) is 3.99. The molecule has 0 aliphatic carbocycles. The van der Waals surface area contributed by atoms with Crippen molar-refractivity contribution in [2.75, 3.05) is 20.8 Å². The summed E-state index contributed by atoms with van der Waals surface area (Å²) in [5.74, 6) is -1.49. The average molecular weight is 200 g/mol. The Morgan fingerprint density at radius 1 is 1.36 bits per heavy atom. The fourth-order valence-electron chi connectivity index (χ4n) is 0.803. The van der Waals surface area contributed by atoms with Gasteiger partial charge in [0.15, 0.2) is 0 Å². The highest BCUT2D eigenvalue weighted by molar-refractivity contribution is 6.62. The topological polar surface area (TPSA) is 89.0 Å². The number of nitrogens with zero attached hydrogens (tertiary/aromatic N) is 2. The number of esters is 1. The van der Waals surface area contributed by atoms with Gasteiger partial charge in [-0.2, -0.15) is 4.79 Å². The molecule has 0 aromatic carbocycles. The number of ether oxygens (including phenoxy) is 2. The summed E-state index contributed by atoms with van der Waals surface area (Å²) in [6, 6.07) is 0. The van der Waals surface area contributed by atoms with Gasteiger partial charge >= 0.3 is 11.7 Å². The van der Waals surface area contributed by atoms with Crippen molar-refractivity contribution in [2.45, 2.75) is 12.8 Å². The number of hydrogen-bond acceptors (Lipinski definition) is 4. The molecule has 0 aromatic heterocycles. The molecule has 0 amide bonds. The fourth-order valence-corrected chi connectivity index (χ4v) is 0.803. The largest absolute Gasteiger partial charge is 0.460 e. The SMILES string of the molecule is COCCCC(=O)C(=[N+]=[N-])C(=O)OC. The smallest absolute Gasteiger partial charge is 0.441 e. The highest BCUT2D eigenvalue weighted by atomic mass is 16.5. The van der Waals surface area contributed by atoms with Crippen LogP contribution in [0.2, 0.25) is 0 Å². The Bertz CT molecular complexity index is 269. The zero-order valence-electron chi connectivity index (χ0n) is 8.15. The summed E-state index contributed by atoms with van der Waals surface area (Å²) >= 11 is 0. The minimum Gasteiger partial charge on any atom is -0.460 e. The molecule has 78 valence electrons. The molecule has 0 radical (unpaired) electrons. The lowest BCUT2D eigenvalue weighted by molar-refractivity contribution is -0.139. The van der Waals surface area contributed by atoms with Gasteiger partial charge < -0.3 is 15.0 Å². The first-order valence-electron chi connectivity index (χ1n) is 3.99. The van der Waals surface area contributed by atoms with Crippen LogP contribution < -0.4 is 0 Å². The lowest BCUT2D eigenvalue weighted by atomic mass is 10.1. The minimum absolute atomic E-state index is 0.0856. The van der Waals surface area contributed by atoms with Crippen LogP contribution in [0.4, 0.5) is 0 Å². The first-order chi connectivity index (χ1) is 6.67. The third-order valence-electron chi connectivity index (χ3n) is 1.50. The maximum atomic E-state index is 11.2. The number of carbonyl (C=O) groups is 2. The van der Waals surface area contributed by atoms with Crippen molar-refractivity contribution < 1.29 is 23.9 Å². The number of rotatable bonds is 6. The lowest BCUT2D eigenvalue weighted by Crippen LogP contribution is -2.26. The van der Waals surface area contributed by atoms with E-state index < -0.39 is 17.5 Å². The average Bonchev–Trinajstić information content (AvgIpc) is 2.19. The lowest BCUT2D eigenvalue weighted by Gasteiger charge is -1.95. The van der Waals surface area contributed by atoms with Crippen LogP contribution in [-0.4, -0.2) is 43.1 Å². The van der Waals surface area contributed by atoms with Crippen LogP contribution in [-0.2, 0) is 19.1 Å². The van der Waals surface area contributed by atoms with Crippen LogP contribution in [0.15, 0.2) is 0 Å². The zero-order chi connectivity index (χ0) is 11.0. The summed E-state index contributed by atoms with van der Waals surface area (Å²) < 4.78 is 8.97. The fraction of sp³-hybridized carbons (Fsp3) is 0.625. The highest BCUT2D eigenvalue weighted by Crippen LogP contribution is 1.94. The maximum absolute atomic E-state index is 11.2. The van der Waals surface area contributed by atoms with E-state index in [-0.39, 0.29) is 6.42 Å². The van der Waals surface area contributed by atoms with E-state index in [2.05, 4.69) is 9.53 Å². The predicted molar refractivity (Wildman–Crippen MR) is 46.8 cm³/mol. The van der Waals surface area contributed by atoms with Gasteiger partial charge in [-0.15, -0.1) is 0 Å². The van der Waals surface area contributed by atoms with Crippen molar-refractivity contribution in [3.05, 3.63) is 5.53 Å². The Morgan fingerprint density at radius 3 is 2.43 bits per heavy atom. The van der Waals surface area contributed by atoms with Crippen LogP contribution in [0.25, 0.3) is 5.53 Å². The molecular formula is C8H12N2O4. The summed E-state index contributed by atoms with van der Waals surface area (Å²) in [7, 11) is 2.61. The van der Waals surface area contributed by atoms with E-state index in [1.54, 1.807) is 0 Å². The van der Waals surface area contributed by atoms with E-state index in [0.717, 1.165) is 7.11 Å². The van der Waals surface area contributed by atoms with E-state index in [4.69, 9.17) is 10.3 Å². The molecule has 0 aromatic rings. The summed E-state index contributed by atoms with van der Waals surface area (Å²) in [5, 5.41) is 0. The summed E-state index contributed by atoms with van der Waals surface area (Å²) in [6.07, 6.45) is 0.549. The number of ketones is 1. The van der Waals surface area contributed by atoms with Gasteiger partial charge in [0.1, 0.15) is 0 Å². The molecule has 0 heterocycles. The molecule has 0 spiro atoms. The molecule has 0 saturated carbocycles. The van der Waals surface area contributed by atoms with Crippen LogP contribution in [0.1, 0.15) is 12.8 Å². The molecule has 14 heavy (non-hydrogen) atoms. The molecule has 0 fully saturated rings. The Labute approximate surface area is 81.4 Å². The molecule has 0 bridgehead atoms. The Morgan fingerprint density at radius 2 is 2.00 bits per heavy atom. The molecular weight excluding hydrogens is 188 g/mol. The van der Waals surface area contributed by atoms with Crippen LogP contribution >= 0.6 is 0 Å². The second-order valence-corrected chi connectivity index (χ2v) is 2.46. The molecule has 6 heteroatoms. The van der Waals surface area contributed by atoms with E-state index in [1.807, 2.05) is 0 Å². The highest BCUT2D eigenvalue weighted by Gasteiger charge is 2.29. The van der Waals surface area contributed by atoms with Gasteiger partial charge in [0.2, 0.25) is 0 Å². The zero-order valence-corrected chi connectivity index (χ0v) is 8.15. The van der Waals surface area contributed by atoms with Gasteiger partial charge in [-0.3, -0.25) is 4.79 Å². The van der Waals surface area contributed by atoms with Crippen molar-refractivity contribution in [1.29, 1.82) is 0 Å². The van der Waals surface area contributed by atoms with Crippen molar-refractivity contribution in [3.8, 4) is 0 Å². The van der Waals surface area contributed by atoms with Gasteiger partial charge in [-0.25, -0.2) is 4.79 Å². The molecule has 0 aliphatic rings. The van der Waals surface area contributed by atoms with E-state index in [1.165, 1.54) is 7.11 Å². The molecule has 0 N–H and O–H groups in total. The van der Waals surface area contributed by atoms with Gasteiger partial charge in [0.05, 0.1) is 7.11 Å². The first kappa shape index (κ1) is 12.5. The summed E-state index contributed by atoms with van der Waals surface area (Å²) in [4.78, 5) is 24.6.